The van der Waals surface area contributed by atoms with Crippen LogP contribution in [-0.2, 0) is 9.59 Å². The summed E-state index contributed by atoms with van der Waals surface area (Å²) in [6.45, 7) is 3.29. The quantitative estimate of drug-likeness (QED) is 0.774. The highest BCUT2D eigenvalue weighted by Crippen LogP contribution is 2.21. The van der Waals surface area contributed by atoms with Crippen LogP contribution in [0.5, 0.6) is 0 Å². The number of likely N-dealkylation sites (N-methyl/N-ethyl adjacent to an activating group) is 2. The molecule has 118 valence electrons. The Morgan fingerprint density at radius 3 is 2.62 bits per heavy atom. The largest absolute Gasteiger partial charge is 0.352 e. The average Bonchev–Trinajstić information content (AvgIpc) is 3.24. The smallest absolute Gasteiger partial charge is 0.240 e. The van der Waals surface area contributed by atoms with Crippen LogP contribution in [-0.4, -0.2) is 54.3 Å². The number of carbonyl (C=O) groups is 2. The summed E-state index contributed by atoms with van der Waals surface area (Å²) in [5, 5.41) is 2.95. The van der Waals surface area contributed by atoms with Gasteiger partial charge in [0.15, 0.2) is 0 Å². The molecule has 2 aliphatic carbocycles. The van der Waals surface area contributed by atoms with Gasteiger partial charge in [0.2, 0.25) is 11.8 Å². The third-order valence-electron chi connectivity index (χ3n) is 3.99. The molecule has 1 fully saturated rings. The minimum atomic E-state index is 0.0210. The first kappa shape index (κ1) is 16.0. The van der Waals surface area contributed by atoms with Crippen LogP contribution in [0, 0.1) is 0 Å². The number of carbonyl (C=O) groups excluding carboxylic acids is 2. The molecule has 2 aliphatic rings. The molecular formula is C16H27N3O2. The number of nitrogens with zero attached hydrogens (tertiary/aromatic N) is 2. The Balaban J connectivity index is 1.80. The van der Waals surface area contributed by atoms with Gasteiger partial charge in [0.25, 0.3) is 0 Å². The monoisotopic (exact) mass is 293 g/mol. The fraction of sp³-hybridized carbons (Fsp3) is 0.750. The van der Waals surface area contributed by atoms with E-state index in [0.29, 0.717) is 25.7 Å². The van der Waals surface area contributed by atoms with Crippen LogP contribution in [0.4, 0.5) is 0 Å². The Morgan fingerprint density at radius 2 is 2.05 bits per heavy atom. The van der Waals surface area contributed by atoms with Gasteiger partial charge in [-0.1, -0.05) is 6.08 Å². The lowest BCUT2D eigenvalue weighted by atomic mass is 10.0. The van der Waals surface area contributed by atoms with Crippen molar-refractivity contribution in [3.8, 4) is 0 Å². The molecule has 0 bridgehead atoms. The molecular weight excluding hydrogens is 266 g/mol. The summed E-state index contributed by atoms with van der Waals surface area (Å²) in [5.74, 6) is 0.111. The summed E-state index contributed by atoms with van der Waals surface area (Å²) in [6.07, 6.45) is 8.80. The lowest BCUT2D eigenvalue weighted by Gasteiger charge is -2.28. The van der Waals surface area contributed by atoms with Gasteiger partial charge in [-0.05, 0) is 52.5 Å². The lowest BCUT2D eigenvalue weighted by Crippen LogP contribution is -2.42. The molecule has 21 heavy (non-hydrogen) atoms. The minimum Gasteiger partial charge on any atom is -0.352 e. The van der Waals surface area contributed by atoms with Crippen molar-refractivity contribution >= 4 is 11.8 Å². The van der Waals surface area contributed by atoms with Gasteiger partial charge in [0, 0.05) is 18.3 Å². The Bertz CT molecular complexity index is 416. The second-order valence-corrected chi connectivity index (χ2v) is 6.09. The Labute approximate surface area is 127 Å². The van der Waals surface area contributed by atoms with Crippen molar-refractivity contribution in [1.29, 1.82) is 0 Å². The van der Waals surface area contributed by atoms with E-state index >= 15 is 0 Å². The normalized spacial score (nSPS) is 18.3. The van der Waals surface area contributed by atoms with Gasteiger partial charge in [0.05, 0.1) is 13.1 Å². The highest BCUT2D eigenvalue weighted by molar-refractivity contribution is 5.82. The maximum absolute atomic E-state index is 12.4. The summed E-state index contributed by atoms with van der Waals surface area (Å²) in [4.78, 5) is 27.8. The van der Waals surface area contributed by atoms with Crippen LogP contribution in [0.25, 0.3) is 0 Å². The second kappa shape index (κ2) is 7.59. The van der Waals surface area contributed by atoms with Gasteiger partial charge in [-0.2, -0.15) is 0 Å². The highest BCUT2D eigenvalue weighted by Gasteiger charge is 2.24. The molecule has 1 N–H and O–H groups in total. The van der Waals surface area contributed by atoms with E-state index in [0.717, 1.165) is 37.8 Å². The first-order valence-corrected chi connectivity index (χ1v) is 8.07. The van der Waals surface area contributed by atoms with Crippen molar-refractivity contribution in [1.82, 2.24) is 15.1 Å². The van der Waals surface area contributed by atoms with E-state index in [9.17, 15) is 9.59 Å². The summed E-state index contributed by atoms with van der Waals surface area (Å²) in [6, 6.07) is 0.376. The predicted octanol–water partition coefficient (Wildman–Crippen LogP) is 1.50. The van der Waals surface area contributed by atoms with Crippen molar-refractivity contribution in [2.75, 3.05) is 26.7 Å². The molecule has 0 aliphatic heterocycles. The molecule has 2 rings (SSSR count). The topological polar surface area (TPSA) is 52.7 Å². The molecule has 0 radical (unpaired) electrons. The molecule has 0 spiro atoms. The van der Waals surface area contributed by atoms with E-state index in [4.69, 9.17) is 0 Å². The van der Waals surface area contributed by atoms with Crippen LogP contribution in [0.1, 0.15) is 45.4 Å². The van der Waals surface area contributed by atoms with Crippen LogP contribution in [0.2, 0.25) is 0 Å². The van der Waals surface area contributed by atoms with Crippen LogP contribution < -0.4 is 5.32 Å². The number of rotatable bonds is 7. The van der Waals surface area contributed by atoms with Crippen molar-refractivity contribution in [2.45, 2.75) is 51.5 Å². The molecule has 0 atom stereocenters. The number of hydrogen-bond acceptors (Lipinski definition) is 3. The molecule has 0 aromatic heterocycles. The van der Waals surface area contributed by atoms with E-state index < -0.39 is 0 Å². The maximum atomic E-state index is 12.4. The SMILES string of the molecule is CCN(C(=O)CN(C)CC(=O)NC1CC1)C1=CCCCC1. The Hall–Kier alpha value is -1.36. The minimum absolute atomic E-state index is 0.0210. The van der Waals surface area contributed by atoms with Crippen molar-refractivity contribution in [3.63, 3.8) is 0 Å². The molecule has 0 heterocycles. The summed E-state index contributed by atoms with van der Waals surface area (Å²) in [7, 11) is 1.83. The zero-order chi connectivity index (χ0) is 15.2. The fourth-order valence-electron chi connectivity index (χ4n) is 2.72. The van der Waals surface area contributed by atoms with E-state index in [1.54, 1.807) is 4.90 Å². The zero-order valence-electron chi connectivity index (χ0n) is 13.2. The van der Waals surface area contributed by atoms with Gasteiger partial charge in [-0.15, -0.1) is 0 Å². The Kier molecular flexibility index (Phi) is 5.79. The summed E-state index contributed by atoms with van der Waals surface area (Å²) < 4.78 is 0. The van der Waals surface area contributed by atoms with Gasteiger partial charge >= 0.3 is 0 Å². The van der Waals surface area contributed by atoms with E-state index in [-0.39, 0.29) is 11.8 Å². The van der Waals surface area contributed by atoms with E-state index in [2.05, 4.69) is 11.4 Å². The number of nitrogens with one attached hydrogen (secondary N) is 1. The predicted molar refractivity (Wildman–Crippen MR) is 82.6 cm³/mol. The number of allylic oxidation sites excluding steroid dienone is 2. The van der Waals surface area contributed by atoms with Crippen molar-refractivity contribution in [2.24, 2.45) is 0 Å². The first-order valence-electron chi connectivity index (χ1n) is 8.07. The Morgan fingerprint density at radius 1 is 1.29 bits per heavy atom. The standard InChI is InChI=1S/C16H27N3O2/c1-3-19(14-7-5-4-6-8-14)16(21)12-18(2)11-15(20)17-13-9-10-13/h7,13H,3-6,8-12H2,1-2H3,(H,17,20). The van der Waals surface area contributed by atoms with Crippen LogP contribution in [0.3, 0.4) is 0 Å². The molecule has 0 aromatic rings. The first-order chi connectivity index (χ1) is 10.1. The summed E-state index contributed by atoms with van der Waals surface area (Å²) >= 11 is 0. The number of hydrogen-bond donors (Lipinski definition) is 1. The number of amides is 2. The molecule has 0 aromatic carbocycles. The van der Waals surface area contributed by atoms with E-state index in [1.165, 1.54) is 6.42 Å². The van der Waals surface area contributed by atoms with Gasteiger partial charge in [-0.3, -0.25) is 14.5 Å². The third-order valence-corrected chi connectivity index (χ3v) is 3.99. The van der Waals surface area contributed by atoms with Crippen LogP contribution in [0.15, 0.2) is 11.8 Å². The second-order valence-electron chi connectivity index (χ2n) is 6.09. The van der Waals surface area contributed by atoms with Crippen molar-refractivity contribution < 1.29 is 9.59 Å². The van der Waals surface area contributed by atoms with E-state index in [1.807, 2.05) is 18.9 Å². The maximum Gasteiger partial charge on any atom is 0.240 e. The molecule has 5 nitrogen and oxygen atoms in total. The summed E-state index contributed by atoms with van der Waals surface area (Å²) in [5.41, 5.74) is 1.16. The van der Waals surface area contributed by atoms with Gasteiger partial charge in [0.1, 0.15) is 0 Å². The van der Waals surface area contributed by atoms with Gasteiger partial charge < -0.3 is 10.2 Å². The highest BCUT2D eigenvalue weighted by atomic mass is 16.2. The van der Waals surface area contributed by atoms with Crippen molar-refractivity contribution in [3.05, 3.63) is 11.8 Å². The average molecular weight is 293 g/mol. The molecule has 0 unspecified atom stereocenters. The van der Waals surface area contributed by atoms with Gasteiger partial charge in [-0.25, -0.2) is 0 Å². The fourth-order valence-corrected chi connectivity index (χ4v) is 2.72. The molecule has 1 saturated carbocycles. The molecule has 2 amide bonds. The lowest BCUT2D eigenvalue weighted by molar-refractivity contribution is -0.131. The molecule has 0 saturated heterocycles. The molecule has 5 heteroatoms. The zero-order valence-corrected chi connectivity index (χ0v) is 13.2. The third kappa shape index (κ3) is 5.16. The van der Waals surface area contributed by atoms with Crippen LogP contribution >= 0.6 is 0 Å².